The zero-order chi connectivity index (χ0) is 25.1. The van der Waals surface area contributed by atoms with Gasteiger partial charge in [0.25, 0.3) is 0 Å². The molecule has 0 spiro atoms. The van der Waals surface area contributed by atoms with Gasteiger partial charge in [-0.15, -0.1) is 0 Å². The summed E-state index contributed by atoms with van der Waals surface area (Å²) in [5, 5.41) is 0. The second-order valence-electron chi connectivity index (χ2n) is 8.86. The third-order valence-corrected chi connectivity index (χ3v) is 5.17. The van der Waals surface area contributed by atoms with Crippen LogP contribution in [0, 0.1) is 0 Å². The minimum absolute atomic E-state index is 0.0289. The molecule has 1 fully saturated rings. The van der Waals surface area contributed by atoms with Crippen LogP contribution >= 0.6 is 0 Å². The minimum Gasteiger partial charge on any atom is -0.462 e. The van der Waals surface area contributed by atoms with Gasteiger partial charge in [0, 0.05) is 37.9 Å². The molecule has 34 heavy (non-hydrogen) atoms. The summed E-state index contributed by atoms with van der Waals surface area (Å²) < 4.78 is 51.5. The zero-order valence-electron chi connectivity index (χ0n) is 19.6. The van der Waals surface area contributed by atoms with Crippen LogP contribution in [-0.2, 0) is 15.7 Å². The molecule has 2 heterocycles. The Bertz CT molecular complexity index is 1040. The number of anilines is 1. The van der Waals surface area contributed by atoms with Gasteiger partial charge in [-0.05, 0) is 57.5 Å². The molecule has 0 unspecified atom stereocenters. The molecule has 1 amide bonds. The fraction of sp³-hybridized carbons (Fsp3) is 0.458. The molecule has 1 aliphatic heterocycles. The van der Waals surface area contributed by atoms with E-state index in [4.69, 9.17) is 9.47 Å². The number of benzene rings is 1. The van der Waals surface area contributed by atoms with Gasteiger partial charge in [0.05, 0.1) is 29.6 Å². The number of halogens is 3. The summed E-state index contributed by atoms with van der Waals surface area (Å²) in [5.41, 5.74) is -0.738. The van der Waals surface area contributed by atoms with Crippen LogP contribution in [-0.4, -0.2) is 60.3 Å². The Labute approximate surface area is 196 Å². The van der Waals surface area contributed by atoms with Crippen LogP contribution in [0.15, 0.2) is 36.7 Å². The van der Waals surface area contributed by atoms with Crippen molar-refractivity contribution in [3.8, 4) is 11.1 Å². The number of rotatable bonds is 4. The normalized spacial score (nSPS) is 14.7. The van der Waals surface area contributed by atoms with Crippen LogP contribution in [0.3, 0.4) is 0 Å². The Hall–Kier alpha value is -3.30. The van der Waals surface area contributed by atoms with Crippen molar-refractivity contribution in [2.75, 3.05) is 37.7 Å². The van der Waals surface area contributed by atoms with Crippen LogP contribution in [0.4, 0.5) is 23.7 Å². The number of pyridine rings is 1. The van der Waals surface area contributed by atoms with Crippen molar-refractivity contribution in [1.82, 2.24) is 9.88 Å². The predicted octanol–water partition coefficient (Wildman–Crippen LogP) is 5.00. The lowest BCUT2D eigenvalue weighted by Gasteiger charge is -2.36. The number of aromatic nitrogens is 1. The molecule has 0 radical (unpaired) electrons. The number of esters is 1. The molecule has 10 heteroatoms. The summed E-state index contributed by atoms with van der Waals surface area (Å²) in [5.74, 6) is -0.695. The molecule has 0 bridgehead atoms. The lowest BCUT2D eigenvalue weighted by Crippen LogP contribution is -2.50. The molecular weight excluding hydrogens is 451 g/mol. The van der Waals surface area contributed by atoms with E-state index in [2.05, 4.69) is 4.98 Å². The SMILES string of the molecule is CCOC(=O)c1ccc(C(F)(F)F)c(-c2cncc(N3CCN(C(=O)OC(C)(C)C)CC3)c2)c1. The summed E-state index contributed by atoms with van der Waals surface area (Å²) >= 11 is 0. The van der Waals surface area contributed by atoms with Crippen molar-refractivity contribution in [3.63, 3.8) is 0 Å². The molecule has 3 rings (SSSR count). The van der Waals surface area contributed by atoms with Gasteiger partial charge in [-0.1, -0.05) is 0 Å². The van der Waals surface area contributed by atoms with Crippen LogP contribution in [0.5, 0.6) is 0 Å². The Morgan fingerprint density at radius 2 is 1.71 bits per heavy atom. The summed E-state index contributed by atoms with van der Waals surface area (Å²) in [6.45, 7) is 8.88. The lowest BCUT2D eigenvalue weighted by atomic mass is 9.97. The largest absolute Gasteiger partial charge is 0.462 e. The van der Waals surface area contributed by atoms with E-state index in [1.165, 1.54) is 12.3 Å². The van der Waals surface area contributed by atoms with E-state index >= 15 is 0 Å². The molecule has 1 aliphatic rings. The maximum atomic E-state index is 13.7. The Kier molecular flexibility index (Phi) is 7.38. The van der Waals surface area contributed by atoms with Gasteiger partial charge in [0.1, 0.15) is 5.60 Å². The Morgan fingerprint density at radius 3 is 2.29 bits per heavy atom. The number of amides is 1. The second kappa shape index (κ2) is 9.90. The van der Waals surface area contributed by atoms with E-state index in [1.54, 1.807) is 44.9 Å². The summed E-state index contributed by atoms with van der Waals surface area (Å²) in [6, 6.07) is 4.78. The Morgan fingerprint density at radius 1 is 1.03 bits per heavy atom. The number of carbonyl (C=O) groups is 2. The number of hydrogen-bond donors (Lipinski definition) is 0. The predicted molar refractivity (Wildman–Crippen MR) is 121 cm³/mol. The van der Waals surface area contributed by atoms with Crippen molar-refractivity contribution in [3.05, 3.63) is 47.8 Å². The summed E-state index contributed by atoms with van der Waals surface area (Å²) in [4.78, 5) is 32.1. The van der Waals surface area contributed by atoms with Crippen molar-refractivity contribution < 1.29 is 32.2 Å². The van der Waals surface area contributed by atoms with Crippen LogP contribution < -0.4 is 4.90 Å². The van der Waals surface area contributed by atoms with Gasteiger partial charge in [0.2, 0.25) is 0 Å². The third-order valence-electron chi connectivity index (χ3n) is 5.17. The molecule has 0 saturated carbocycles. The number of nitrogens with zero attached hydrogens (tertiary/aromatic N) is 3. The van der Waals surface area contributed by atoms with E-state index in [0.717, 1.165) is 12.1 Å². The number of ether oxygens (including phenoxy) is 2. The first-order chi connectivity index (χ1) is 15.9. The van der Waals surface area contributed by atoms with Gasteiger partial charge in [-0.25, -0.2) is 9.59 Å². The number of piperazine rings is 1. The van der Waals surface area contributed by atoms with Crippen molar-refractivity contribution >= 4 is 17.7 Å². The monoisotopic (exact) mass is 479 g/mol. The smallest absolute Gasteiger partial charge is 0.417 e. The number of alkyl halides is 3. The molecule has 0 aliphatic carbocycles. The molecule has 2 aromatic rings. The molecule has 1 saturated heterocycles. The highest BCUT2D eigenvalue weighted by Gasteiger charge is 2.34. The maximum absolute atomic E-state index is 13.7. The lowest BCUT2D eigenvalue weighted by molar-refractivity contribution is -0.137. The second-order valence-corrected chi connectivity index (χ2v) is 8.86. The summed E-state index contributed by atoms with van der Waals surface area (Å²) in [7, 11) is 0. The highest BCUT2D eigenvalue weighted by atomic mass is 19.4. The van der Waals surface area contributed by atoms with Crippen LogP contribution in [0.2, 0.25) is 0 Å². The van der Waals surface area contributed by atoms with Gasteiger partial charge in [0.15, 0.2) is 0 Å². The van der Waals surface area contributed by atoms with Crippen molar-refractivity contribution in [2.45, 2.75) is 39.5 Å². The van der Waals surface area contributed by atoms with E-state index < -0.39 is 29.4 Å². The van der Waals surface area contributed by atoms with Crippen molar-refractivity contribution in [2.24, 2.45) is 0 Å². The molecule has 0 N–H and O–H groups in total. The molecule has 0 atom stereocenters. The van der Waals surface area contributed by atoms with Gasteiger partial charge < -0.3 is 19.3 Å². The topological polar surface area (TPSA) is 72.0 Å². The highest BCUT2D eigenvalue weighted by Crippen LogP contribution is 2.38. The molecular formula is C24H28F3N3O4. The standard InChI is InChI=1S/C24H28F3N3O4/c1-5-33-21(31)16-6-7-20(24(25,26)27)19(13-16)17-12-18(15-28-14-17)29-8-10-30(11-9-29)22(32)34-23(2,3)4/h6-7,12-15H,5,8-11H2,1-4H3. The zero-order valence-corrected chi connectivity index (χ0v) is 19.6. The van der Waals surface area contributed by atoms with Crippen LogP contribution in [0.1, 0.15) is 43.6 Å². The van der Waals surface area contributed by atoms with E-state index in [9.17, 15) is 22.8 Å². The van der Waals surface area contributed by atoms with Gasteiger partial charge in [-0.3, -0.25) is 4.98 Å². The number of carbonyl (C=O) groups excluding carboxylic acids is 2. The molecule has 1 aromatic carbocycles. The van der Waals surface area contributed by atoms with Gasteiger partial charge >= 0.3 is 18.2 Å². The fourth-order valence-electron chi connectivity index (χ4n) is 3.59. The first kappa shape index (κ1) is 25.3. The van der Waals surface area contributed by atoms with Gasteiger partial charge in [-0.2, -0.15) is 13.2 Å². The summed E-state index contributed by atoms with van der Waals surface area (Å²) in [6.07, 6.45) is -2.11. The minimum atomic E-state index is -4.61. The first-order valence-corrected chi connectivity index (χ1v) is 11.0. The van der Waals surface area contributed by atoms with Crippen LogP contribution in [0.25, 0.3) is 11.1 Å². The quantitative estimate of drug-likeness (QED) is 0.575. The molecule has 7 nitrogen and oxygen atoms in total. The average Bonchev–Trinajstić information content (AvgIpc) is 2.77. The number of hydrogen-bond acceptors (Lipinski definition) is 6. The highest BCUT2D eigenvalue weighted by molar-refractivity contribution is 5.91. The maximum Gasteiger partial charge on any atom is 0.417 e. The molecule has 1 aromatic heterocycles. The Balaban J connectivity index is 1.85. The fourth-order valence-corrected chi connectivity index (χ4v) is 3.59. The van der Waals surface area contributed by atoms with E-state index in [-0.39, 0.29) is 23.3 Å². The van der Waals surface area contributed by atoms with E-state index in [0.29, 0.717) is 31.9 Å². The average molecular weight is 479 g/mol. The molecule has 184 valence electrons. The first-order valence-electron chi connectivity index (χ1n) is 11.0. The van der Waals surface area contributed by atoms with E-state index in [1.807, 2.05) is 4.90 Å². The third kappa shape index (κ3) is 6.18. The van der Waals surface area contributed by atoms with Crippen molar-refractivity contribution in [1.29, 1.82) is 0 Å².